The van der Waals surface area contributed by atoms with Crippen molar-refractivity contribution in [1.82, 2.24) is 14.8 Å². The van der Waals surface area contributed by atoms with E-state index in [1.54, 1.807) is 19.1 Å². The van der Waals surface area contributed by atoms with Crippen LogP contribution in [-0.2, 0) is 11.2 Å². The first kappa shape index (κ1) is 18.9. The van der Waals surface area contributed by atoms with Crippen LogP contribution >= 0.6 is 12.2 Å². The molecule has 0 aliphatic carbocycles. The number of hydrogen-bond acceptors (Lipinski definition) is 4. The number of nitrogens with one attached hydrogen (secondary N) is 1. The highest BCUT2D eigenvalue weighted by atomic mass is 32.1. The molecule has 0 unspecified atom stereocenters. The Hall–Kier alpha value is -3.06. The number of fused-ring (bicyclic) bond motifs is 4. The molecule has 2 aliphatic rings. The van der Waals surface area contributed by atoms with Gasteiger partial charge in [0.1, 0.15) is 23.6 Å². The summed E-state index contributed by atoms with van der Waals surface area (Å²) in [5.74, 6) is 1.52. The van der Waals surface area contributed by atoms with E-state index in [1.807, 2.05) is 37.3 Å². The summed E-state index contributed by atoms with van der Waals surface area (Å²) in [5, 5.41) is 1.71. The summed E-state index contributed by atoms with van der Waals surface area (Å²) in [6.07, 6.45) is 0.623. The number of carbonyl (C=O) groups is 1. The van der Waals surface area contributed by atoms with E-state index in [0.29, 0.717) is 18.1 Å². The number of aromatic nitrogens is 1. The van der Waals surface area contributed by atoms with Gasteiger partial charge in [0.25, 0.3) is 5.91 Å². The molecule has 2 atom stereocenters. The minimum atomic E-state index is -0.329. The van der Waals surface area contributed by atoms with Gasteiger partial charge in [-0.15, -0.1) is 0 Å². The first-order valence-corrected chi connectivity index (χ1v) is 10.4. The van der Waals surface area contributed by atoms with Gasteiger partial charge < -0.3 is 19.4 Å². The third-order valence-electron chi connectivity index (χ3n) is 6.18. The Morgan fingerprint density at radius 2 is 1.97 bits per heavy atom. The van der Waals surface area contributed by atoms with Crippen LogP contribution in [0.25, 0.3) is 10.9 Å². The number of amides is 1. The van der Waals surface area contributed by atoms with Gasteiger partial charge in [0.05, 0.1) is 14.2 Å². The lowest BCUT2D eigenvalue weighted by molar-refractivity contribution is -0.128. The summed E-state index contributed by atoms with van der Waals surface area (Å²) >= 11 is 5.79. The van der Waals surface area contributed by atoms with Crippen molar-refractivity contribution in [2.45, 2.75) is 25.4 Å². The predicted molar refractivity (Wildman–Crippen MR) is 119 cm³/mol. The van der Waals surface area contributed by atoms with Gasteiger partial charge in [-0.2, -0.15) is 0 Å². The van der Waals surface area contributed by atoms with E-state index >= 15 is 0 Å². The van der Waals surface area contributed by atoms with Crippen LogP contribution in [0.4, 0.5) is 0 Å². The topological polar surface area (TPSA) is 57.8 Å². The Labute approximate surface area is 180 Å². The zero-order valence-electron chi connectivity index (χ0n) is 17.1. The SMILES string of the molecule is CCN1C(=O)[C@H]2Cc3c([nH]c4ccccc34)[C@H](c3cc(OC)ccc3OC)N2C1=S. The van der Waals surface area contributed by atoms with Crippen molar-refractivity contribution in [3.63, 3.8) is 0 Å². The van der Waals surface area contributed by atoms with Crippen molar-refractivity contribution in [3.05, 3.63) is 59.3 Å². The Morgan fingerprint density at radius 1 is 1.17 bits per heavy atom. The van der Waals surface area contributed by atoms with Gasteiger partial charge >= 0.3 is 0 Å². The molecule has 5 rings (SSSR count). The Balaban J connectivity index is 1.79. The van der Waals surface area contributed by atoms with Crippen LogP contribution in [-0.4, -0.2) is 52.6 Å². The highest BCUT2D eigenvalue weighted by molar-refractivity contribution is 7.80. The van der Waals surface area contributed by atoms with Crippen LogP contribution in [0.15, 0.2) is 42.5 Å². The summed E-state index contributed by atoms with van der Waals surface area (Å²) in [5.41, 5.74) is 4.19. The normalized spacial score (nSPS) is 20.5. The molecule has 3 heterocycles. The van der Waals surface area contributed by atoms with Gasteiger partial charge in [0.15, 0.2) is 5.11 Å². The number of aromatic amines is 1. The minimum absolute atomic E-state index is 0.0605. The second kappa shape index (κ2) is 7.02. The molecule has 1 amide bonds. The molecule has 0 saturated carbocycles. The maximum atomic E-state index is 13.2. The number of methoxy groups -OCH3 is 2. The average molecular weight is 422 g/mol. The van der Waals surface area contributed by atoms with Crippen LogP contribution in [0.3, 0.4) is 0 Å². The maximum Gasteiger partial charge on any atom is 0.251 e. The zero-order chi connectivity index (χ0) is 21.0. The number of benzene rings is 2. The summed E-state index contributed by atoms with van der Waals surface area (Å²) in [6, 6.07) is 13.4. The molecule has 0 bridgehead atoms. The van der Waals surface area contributed by atoms with E-state index in [-0.39, 0.29) is 18.0 Å². The number of para-hydroxylation sites is 1. The molecule has 0 spiro atoms. The predicted octanol–water partition coefficient (Wildman–Crippen LogP) is 3.65. The number of likely N-dealkylation sites (N-methyl/N-ethyl adjacent to an activating group) is 1. The third-order valence-corrected chi connectivity index (χ3v) is 6.61. The smallest absolute Gasteiger partial charge is 0.251 e. The largest absolute Gasteiger partial charge is 0.497 e. The number of rotatable bonds is 4. The summed E-state index contributed by atoms with van der Waals surface area (Å²) in [6.45, 7) is 2.51. The molecule has 1 fully saturated rings. The molecule has 6 nitrogen and oxygen atoms in total. The molecule has 0 radical (unpaired) electrons. The Morgan fingerprint density at radius 3 is 2.70 bits per heavy atom. The van der Waals surface area contributed by atoms with Crippen molar-refractivity contribution in [2.75, 3.05) is 20.8 Å². The molecule has 30 heavy (non-hydrogen) atoms. The fraction of sp³-hybridized carbons (Fsp3) is 0.304. The molecule has 2 aromatic carbocycles. The Kier molecular flexibility index (Phi) is 4.43. The molecular weight excluding hydrogens is 398 g/mol. The van der Waals surface area contributed by atoms with Crippen LogP contribution in [0, 0.1) is 0 Å². The van der Waals surface area contributed by atoms with Crippen molar-refractivity contribution in [3.8, 4) is 11.5 Å². The lowest BCUT2D eigenvalue weighted by Gasteiger charge is -2.38. The first-order chi connectivity index (χ1) is 14.6. The van der Waals surface area contributed by atoms with Crippen LogP contribution in [0.1, 0.15) is 29.8 Å². The molecule has 154 valence electrons. The van der Waals surface area contributed by atoms with E-state index in [0.717, 1.165) is 39.2 Å². The van der Waals surface area contributed by atoms with E-state index in [2.05, 4.69) is 22.0 Å². The molecule has 3 aromatic rings. The number of nitrogens with zero attached hydrogens (tertiary/aromatic N) is 2. The van der Waals surface area contributed by atoms with E-state index < -0.39 is 0 Å². The third kappa shape index (κ3) is 2.55. The highest BCUT2D eigenvalue weighted by Crippen LogP contribution is 2.46. The second-order valence-corrected chi connectivity index (χ2v) is 7.93. The lowest BCUT2D eigenvalue weighted by Crippen LogP contribution is -2.44. The van der Waals surface area contributed by atoms with Crippen LogP contribution in [0.5, 0.6) is 11.5 Å². The summed E-state index contributed by atoms with van der Waals surface area (Å²) in [4.78, 5) is 20.6. The second-order valence-electron chi connectivity index (χ2n) is 7.57. The highest BCUT2D eigenvalue weighted by Gasteiger charge is 2.50. The summed E-state index contributed by atoms with van der Waals surface area (Å²) < 4.78 is 11.2. The standard InChI is InChI=1S/C23H23N3O3S/c1-4-25-22(27)18-12-15-14-7-5-6-8-17(14)24-20(15)21(26(18)23(25)30)16-11-13(28-2)9-10-19(16)29-3/h5-11,18,21,24H,4,12H2,1-3H3/t18-,21+/m1/s1. The fourth-order valence-corrected chi connectivity index (χ4v) is 5.25. The molecule has 1 N–H and O–H groups in total. The van der Waals surface area contributed by atoms with Crippen molar-refractivity contribution in [2.24, 2.45) is 0 Å². The van der Waals surface area contributed by atoms with Crippen molar-refractivity contribution in [1.29, 1.82) is 0 Å². The number of thiocarbonyl (C=S) groups is 1. The zero-order valence-corrected chi connectivity index (χ0v) is 18.0. The first-order valence-electron chi connectivity index (χ1n) is 10.0. The van der Waals surface area contributed by atoms with Crippen molar-refractivity contribution < 1.29 is 14.3 Å². The number of H-pyrrole nitrogens is 1. The Bertz CT molecular complexity index is 1170. The van der Waals surface area contributed by atoms with Gasteiger partial charge in [-0.25, -0.2) is 0 Å². The lowest BCUT2D eigenvalue weighted by atomic mass is 9.88. The van der Waals surface area contributed by atoms with Crippen molar-refractivity contribution >= 4 is 34.1 Å². The maximum absolute atomic E-state index is 13.2. The molecule has 2 aliphatic heterocycles. The average Bonchev–Trinajstić information content (AvgIpc) is 3.26. The van der Waals surface area contributed by atoms with Gasteiger partial charge in [-0.1, -0.05) is 18.2 Å². The van der Waals surface area contributed by atoms with E-state index in [1.165, 1.54) is 0 Å². The number of ether oxygens (including phenoxy) is 2. The number of carbonyl (C=O) groups excluding carboxylic acids is 1. The van der Waals surface area contributed by atoms with Gasteiger partial charge in [0, 0.05) is 35.1 Å². The minimum Gasteiger partial charge on any atom is -0.497 e. The fourth-order valence-electron chi connectivity index (χ4n) is 4.80. The van der Waals surface area contributed by atoms with E-state index in [9.17, 15) is 4.79 Å². The molecule has 7 heteroatoms. The van der Waals surface area contributed by atoms with E-state index in [4.69, 9.17) is 21.7 Å². The van der Waals surface area contributed by atoms with Gasteiger partial charge in [-0.05, 0) is 49.0 Å². The molecule has 1 aromatic heterocycles. The quantitative estimate of drug-likeness (QED) is 0.652. The van der Waals surface area contributed by atoms with Gasteiger partial charge in [-0.3, -0.25) is 9.69 Å². The number of hydrogen-bond donors (Lipinski definition) is 1. The molecular formula is C23H23N3O3S. The monoisotopic (exact) mass is 421 g/mol. The van der Waals surface area contributed by atoms with Crippen LogP contribution < -0.4 is 9.47 Å². The summed E-state index contributed by atoms with van der Waals surface area (Å²) in [7, 11) is 3.30. The molecule has 1 saturated heterocycles. The van der Waals surface area contributed by atoms with Gasteiger partial charge in [0.2, 0.25) is 0 Å². The van der Waals surface area contributed by atoms with Crippen LogP contribution in [0.2, 0.25) is 0 Å².